The molecule has 2 aliphatic heterocycles. The van der Waals surface area contributed by atoms with E-state index >= 15 is 0 Å². The zero-order valence-electron chi connectivity index (χ0n) is 9.79. The molecule has 2 aliphatic rings. The number of rotatable bonds is 1. The van der Waals surface area contributed by atoms with E-state index in [-0.39, 0.29) is 45.6 Å². The van der Waals surface area contributed by atoms with Gasteiger partial charge in [-0.3, -0.25) is 5.73 Å². The number of nitrogens with two attached hydrogens (primary N) is 1. The maximum atomic E-state index is 12.9. The smallest absolute Gasteiger partial charge is 0.310 e. The molecule has 0 aromatic heterocycles. The molecule has 0 saturated carbocycles. The van der Waals surface area contributed by atoms with Crippen molar-refractivity contribution >= 4 is 32.5 Å². The molecular formula is C11H12BrFN2O2S2. The Bertz CT molecular complexity index is 631. The lowest BCUT2D eigenvalue weighted by Crippen LogP contribution is -3.00. The van der Waals surface area contributed by atoms with Crippen LogP contribution in [0.25, 0.3) is 0 Å². The lowest BCUT2D eigenvalue weighted by Gasteiger charge is -2.10. The zero-order chi connectivity index (χ0) is 12.9. The Morgan fingerprint density at radius 1 is 1.26 bits per heavy atom. The van der Waals surface area contributed by atoms with Crippen molar-refractivity contribution in [1.29, 1.82) is 0 Å². The quantitative estimate of drug-likeness (QED) is 0.568. The Labute approximate surface area is 125 Å². The van der Waals surface area contributed by atoms with E-state index < -0.39 is 9.84 Å². The van der Waals surface area contributed by atoms with Crippen molar-refractivity contribution in [2.45, 2.75) is 11.3 Å². The van der Waals surface area contributed by atoms with Crippen LogP contribution in [-0.4, -0.2) is 41.0 Å². The number of sulfone groups is 1. The van der Waals surface area contributed by atoms with Crippen LogP contribution in [0.2, 0.25) is 0 Å². The molecule has 4 nitrogen and oxygen atoms in total. The number of hydrogen-bond donors (Lipinski definition) is 1. The number of hydrogen-bond acceptors (Lipinski definition) is 4. The monoisotopic (exact) mass is 366 g/mol. The first-order chi connectivity index (χ1) is 8.46. The maximum Gasteiger partial charge on any atom is 0.310 e. The lowest BCUT2D eigenvalue weighted by molar-refractivity contribution is -0.470. The van der Waals surface area contributed by atoms with Gasteiger partial charge >= 0.3 is 5.17 Å². The number of amidine groups is 1. The van der Waals surface area contributed by atoms with Gasteiger partial charge in [-0.1, -0.05) is 0 Å². The molecule has 0 bridgehead atoms. The van der Waals surface area contributed by atoms with Crippen molar-refractivity contribution in [3.05, 3.63) is 30.1 Å². The molecule has 1 aromatic rings. The highest BCUT2D eigenvalue weighted by Crippen LogP contribution is 2.36. The van der Waals surface area contributed by atoms with Crippen LogP contribution in [-0.2, 0) is 9.84 Å². The summed E-state index contributed by atoms with van der Waals surface area (Å²) in [7, 11) is -2.98. The van der Waals surface area contributed by atoms with Gasteiger partial charge in [-0.2, -0.15) is 0 Å². The van der Waals surface area contributed by atoms with Gasteiger partial charge in [0.05, 0.1) is 16.8 Å². The van der Waals surface area contributed by atoms with Crippen molar-refractivity contribution in [2.75, 3.05) is 11.5 Å². The third-order valence-corrected chi connectivity index (χ3v) is 6.37. The first-order valence-electron chi connectivity index (χ1n) is 5.50. The SMILES string of the molecule is NC1=[N+](c2ccc(F)cc2)C2CS(=O)(=O)CC2S1.[Br-]. The zero-order valence-corrected chi connectivity index (χ0v) is 13.0. The molecule has 1 fully saturated rings. The summed E-state index contributed by atoms with van der Waals surface area (Å²) in [6, 6.07) is 5.81. The molecule has 104 valence electrons. The van der Waals surface area contributed by atoms with Gasteiger partial charge in [0.15, 0.2) is 9.84 Å². The van der Waals surface area contributed by atoms with E-state index in [1.165, 1.54) is 23.9 Å². The van der Waals surface area contributed by atoms with Crippen LogP contribution in [0.1, 0.15) is 0 Å². The molecule has 2 unspecified atom stereocenters. The Balaban J connectivity index is 0.00000133. The van der Waals surface area contributed by atoms with Crippen molar-refractivity contribution in [3.8, 4) is 0 Å². The number of nitrogens with zero attached hydrogens (tertiary/aromatic N) is 1. The normalized spacial score (nSPS) is 28.1. The lowest BCUT2D eigenvalue weighted by atomic mass is 10.2. The molecule has 1 aromatic carbocycles. The molecule has 1 saturated heterocycles. The van der Waals surface area contributed by atoms with Crippen LogP contribution in [0, 0.1) is 5.82 Å². The third kappa shape index (κ3) is 2.66. The van der Waals surface area contributed by atoms with Gasteiger partial charge in [0.1, 0.15) is 17.5 Å². The predicted octanol–water partition coefficient (Wildman–Crippen LogP) is -2.30. The minimum absolute atomic E-state index is 0. The predicted molar refractivity (Wildman–Crippen MR) is 69.3 cm³/mol. The van der Waals surface area contributed by atoms with Gasteiger partial charge in [-0.15, -0.1) is 0 Å². The van der Waals surface area contributed by atoms with E-state index in [2.05, 4.69) is 0 Å². The second-order valence-electron chi connectivity index (χ2n) is 4.49. The molecule has 0 aliphatic carbocycles. The minimum Gasteiger partial charge on any atom is -1.00 e. The highest BCUT2D eigenvalue weighted by molar-refractivity contribution is 8.15. The fourth-order valence-corrected chi connectivity index (χ4v) is 6.26. The molecule has 0 amide bonds. The molecule has 0 radical (unpaired) electrons. The molecule has 2 atom stereocenters. The van der Waals surface area contributed by atoms with Crippen molar-refractivity contribution < 1.29 is 34.4 Å². The van der Waals surface area contributed by atoms with E-state index in [4.69, 9.17) is 5.73 Å². The number of halogens is 2. The fraction of sp³-hybridized carbons (Fsp3) is 0.364. The fourth-order valence-electron chi connectivity index (χ4n) is 2.45. The average molecular weight is 367 g/mol. The van der Waals surface area contributed by atoms with Gasteiger partial charge in [-0.25, -0.2) is 17.4 Å². The summed E-state index contributed by atoms with van der Waals surface area (Å²) in [6.45, 7) is 0. The van der Waals surface area contributed by atoms with Gasteiger partial charge in [-0.05, 0) is 36.0 Å². The molecule has 3 rings (SSSR count). The number of fused-ring (bicyclic) bond motifs is 1. The first-order valence-corrected chi connectivity index (χ1v) is 8.21. The maximum absolute atomic E-state index is 12.9. The standard InChI is InChI=1S/C11H11FN2O2S2.BrH/c12-7-1-3-8(4-2-7)14-9-5-18(15,16)6-10(9)17-11(14)13;/h1-4,9-10,13H,5-6H2;1H. The average Bonchev–Trinajstić information content (AvgIpc) is 2.70. The van der Waals surface area contributed by atoms with Crippen LogP contribution < -0.4 is 22.7 Å². The molecule has 2 N–H and O–H groups in total. The van der Waals surface area contributed by atoms with Crippen LogP contribution in [0.5, 0.6) is 0 Å². The topological polar surface area (TPSA) is 63.2 Å². The minimum atomic E-state index is -2.98. The summed E-state index contributed by atoms with van der Waals surface area (Å²) >= 11 is 1.39. The van der Waals surface area contributed by atoms with E-state index in [0.717, 1.165) is 5.69 Å². The summed E-state index contributed by atoms with van der Waals surface area (Å²) in [4.78, 5) is 0. The Morgan fingerprint density at radius 3 is 2.53 bits per heavy atom. The molecule has 2 heterocycles. The van der Waals surface area contributed by atoms with Crippen LogP contribution in [0.3, 0.4) is 0 Å². The number of thioether (sulfide) groups is 1. The number of benzene rings is 1. The molecule has 8 heteroatoms. The molecule has 0 spiro atoms. The van der Waals surface area contributed by atoms with Gasteiger partial charge in [0.2, 0.25) is 0 Å². The summed E-state index contributed by atoms with van der Waals surface area (Å²) in [6.07, 6.45) is 0. The Hall–Kier alpha value is -0.600. The van der Waals surface area contributed by atoms with E-state index in [9.17, 15) is 12.8 Å². The van der Waals surface area contributed by atoms with Crippen molar-refractivity contribution in [3.63, 3.8) is 0 Å². The van der Waals surface area contributed by atoms with Crippen molar-refractivity contribution in [2.24, 2.45) is 5.73 Å². The molecular weight excluding hydrogens is 355 g/mol. The van der Waals surface area contributed by atoms with E-state index in [1.807, 2.05) is 0 Å². The van der Waals surface area contributed by atoms with E-state index in [1.54, 1.807) is 16.7 Å². The van der Waals surface area contributed by atoms with Gasteiger partial charge in [0, 0.05) is 0 Å². The largest absolute Gasteiger partial charge is 1.00 e. The second kappa shape index (κ2) is 5.06. The van der Waals surface area contributed by atoms with E-state index in [0.29, 0.717) is 5.17 Å². The van der Waals surface area contributed by atoms with Gasteiger partial charge < -0.3 is 17.0 Å². The molecule has 19 heavy (non-hydrogen) atoms. The summed E-state index contributed by atoms with van der Waals surface area (Å²) in [5.74, 6) is -0.0384. The summed E-state index contributed by atoms with van der Waals surface area (Å²) < 4.78 is 38.0. The first kappa shape index (κ1) is 14.8. The Kier molecular flexibility index (Phi) is 3.95. The van der Waals surface area contributed by atoms with Crippen LogP contribution in [0.4, 0.5) is 10.1 Å². The third-order valence-electron chi connectivity index (χ3n) is 3.22. The summed E-state index contributed by atoms with van der Waals surface area (Å²) in [5, 5.41) is 0.576. The van der Waals surface area contributed by atoms with Crippen molar-refractivity contribution in [1.82, 2.24) is 0 Å². The van der Waals surface area contributed by atoms with Crippen LogP contribution >= 0.6 is 11.8 Å². The second-order valence-corrected chi connectivity index (χ2v) is 7.90. The van der Waals surface area contributed by atoms with Crippen LogP contribution in [0.15, 0.2) is 24.3 Å². The highest BCUT2D eigenvalue weighted by Gasteiger charge is 2.49. The summed E-state index contributed by atoms with van der Waals surface area (Å²) in [5.41, 5.74) is 6.69. The highest BCUT2D eigenvalue weighted by atomic mass is 79.9. The van der Waals surface area contributed by atoms with Gasteiger partial charge in [0.25, 0.3) is 0 Å². The Morgan fingerprint density at radius 2 is 1.89 bits per heavy atom.